The molecule has 0 saturated heterocycles. The third-order valence-electron chi connectivity index (χ3n) is 6.03. The highest BCUT2D eigenvalue weighted by Crippen LogP contribution is 2.70. The maximum absolute atomic E-state index is 6.71. The average Bonchev–Trinajstić information content (AvgIpc) is 3.45. The zero-order valence-corrected chi connectivity index (χ0v) is 19.5. The molecule has 4 aromatic carbocycles. The van der Waals surface area contributed by atoms with Gasteiger partial charge < -0.3 is 9.47 Å². The van der Waals surface area contributed by atoms with Gasteiger partial charge in [0, 0.05) is 11.8 Å². The molecule has 1 aliphatic rings. The molecule has 0 N–H and O–H groups in total. The van der Waals surface area contributed by atoms with E-state index in [9.17, 15) is 0 Å². The van der Waals surface area contributed by atoms with Gasteiger partial charge >= 0.3 is 0 Å². The summed E-state index contributed by atoms with van der Waals surface area (Å²) in [7, 11) is 0. The second kappa shape index (κ2) is 9.51. The van der Waals surface area contributed by atoms with Crippen molar-refractivity contribution in [3.8, 4) is 11.5 Å². The Morgan fingerprint density at radius 2 is 0.879 bits per heavy atom. The summed E-state index contributed by atoms with van der Waals surface area (Å²) in [6.07, 6.45) is 0. The summed E-state index contributed by atoms with van der Waals surface area (Å²) in [5.74, 6) is 1.74. The lowest BCUT2D eigenvalue weighted by Crippen LogP contribution is -1.95. The molecule has 0 aromatic heterocycles. The van der Waals surface area contributed by atoms with Crippen LogP contribution in [0.1, 0.15) is 34.1 Å². The molecular formula is C29H24Cl2O2. The highest BCUT2D eigenvalue weighted by atomic mass is 35.5. The molecule has 0 amide bonds. The fourth-order valence-electron chi connectivity index (χ4n) is 4.18. The van der Waals surface area contributed by atoms with E-state index in [4.69, 9.17) is 32.7 Å². The number of alkyl halides is 2. The van der Waals surface area contributed by atoms with E-state index in [2.05, 4.69) is 48.5 Å². The van der Waals surface area contributed by atoms with E-state index in [1.807, 2.05) is 60.7 Å². The van der Waals surface area contributed by atoms with E-state index in [0.717, 1.165) is 33.8 Å². The summed E-state index contributed by atoms with van der Waals surface area (Å²) in [6, 6.07) is 36.4. The lowest BCUT2D eigenvalue weighted by atomic mass is 10.0. The highest BCUT2D eigenvalue weighted by molar-refractivity contribution is 6.52. The number of benzene rings is 4. The van der Waals surface area contributed by atoms with Gasteiger partial charge in [0.05, 0.1) is 0 Å². The van der Waals surface area contributed by atoms with Gasteiger partial charge in [-0.3, -0.25) is 0 Å². The van der Waals surface area contributed by atoms with Gasteiger partial charge in [0.2, 0.25) is 0 Å². The van der Waals surface area contributed by atoms with Crippen LogP contribution < -0.4 is 9.47 Å². The first-order valence-corrected chi connectivity index (χ1v) is 11.8. The molecule has 33 heavy (non-hydrogen) atoms. The maximum atomic E-state index is 6.71. The Kier molecular flexibility index (Phi) is 6.30. The third kappa shape index (κ3) is 5.03. The molecule has 0 radical (unpaired) electrons. The predicted octanol–water partition coefficient (Wildman–Crippen LogP) is 7.90. The van der Waals surface area contributed by atoms with Gasteiger partial charge in [-0.2, -0.15) is 0 Å². The quantitative estimate of drug-likeness (QED) is 0.241. The molecule has 4 heteroatoms. The number of hydrogen-bond donors (Lipinski definition) is 0. The Morgan fingerprint density at radius 3 is 1.24 bits per heavy atom. The molecule has 0 unspecified atom stereocenters. The Morgan fingerprint density at radius 1 is 0.515 bits per heavy atom. The van der Waals surface area contributed by atoms with Gasteiger partial charge in [-0.25, -0.2) is 0 Å². The number of rotatable bonds is 8. The minimum atomic E-state index is -0.821. The first-order chi connectivity index (χ1) is 16.1. The van der Waals surface area contributed by atoms with E-state index in [0.29, 0.717) is 13.2 Å². The van der Waals surface area contributed by atoms with Crippen molar-refractivity contribution < 1.29 is 9.47 Å². The minimum absolute atomic E-state index is 0.0418. The van der Waals surface area contributed by atoms with Crippen molar-refractivity contribution in [3.05, 3.63) is 131 Å². The summed E-state index contributed by atoms with van der Waals surface area (Å²) in [4.78, 5) is 0. The van der Waals surface area contributed by atoms with E-state index >= 15 is 0 Å². The fraction of sp³-hybridized carbons (Fsp3) is 0.172. The summed E-state index contributed by atoms with van der Waals surface area (Å²) in [6.45, 7) is 1.08. The van der Waals surface area contributed by atoms with E-state index in [1.165, 1.54) is 0 Å². The second-order valence-electron chi connectivity index (χ2n) is 8.32. The van der Waals surface area contributed by atoms with Crippen molar-refractivity contribution in [2.75, 3.05) is 0 Å². The average molecular weight is 475 g/mol. The van der Waals surface area contributed by atoms with Crippen LogP contribution in [0.3, 0.4) is 0 Å². The van der Waals surface area contributed by atoms with Crippen molar-refractivity contribution in [3.63, 3.8) is 0 Å². The Bertz CT molecular complexity index is 1080. The highest BCUT2D eigenvalue weighted by Gasteiger charge is 2.64. The largest absolute Gasteiger partial charge is 0.489 e. The van der Waals surface area contributed by atoms with Crippen molar-refractivity contribution in [2.24, 2.45) is 0 Å². The Hall–Kier alpha value is -2.94. The van der Waals surface area contributed by atoms with Crippen LogP contribution in [0.25, 0.3) is 0 Å². The van der Waals surface area contributed by atoms with Crippen LogP contribution in [0, 0.1) is 0 Å². The first-order valence-electron chi connectivity index (χ1n) is 11.0. The van der Waals surface area contributed by atoms with E-state index in [-0.39, 0.29) is 11.8 Å². The lowest BCUT2D eigenvalue weighted by molar-refractivity contribution is 0.306. The van der Waals surface area contributed by atoms with Gasteiger partial charge in [0.15, 0.2) is 0 Å². The summed E-state index contributed by atoms with van der Waals surface area (Å²) < 4.78 is 11.0. The predicted molar refractivity (Wildman–Crippen MR) is 134 cm³/mol. The van der Waals surface area contributed by atoms with Gasteiger partial charge in [-0.1, -0.05) is 84.9 Å². The smallest absolute Gasteiger partial charge is 0.133 e. The fourth-order valence-corrected chi connectivity index (χ4v) is 5.06. The summed E-state index contributed by atoms with van der Waals surface area (Å²) in [5.41, 5.74) is 4.50. The van der Waals surface area contributed by atoms with Crippen LogP contribution in [-0.4, -0.2) is 4.33 Å². The molecular weight excluding hydrogens is 451 g/mol. The van der Waals surface area contributed by atoms with Crippen molar-refractivity contribution in [2.45, 2.75) is 29.4 Å². The molecule has 5 rings (SSSR count). The molecule has 166 valence electrons. The Balaban J connectivity index is 1.21. The van der Waals surface area contributed by atoms with E-state index < -0.39 is 4.33 Å². The van der Waals surface area contributed by atoms with Gasteiger partial charge in [0.25, 0.3) is 0 Å². The molecule has 0 spiro atoms. The molecule has 0 aliphatic heterocycles. The summed E-state index contributed by atoms with van der Waals surface area (Å²) >= 11 is 13.4. The van der Waals surface area contributed by atoms with E-state index in [1.54, 1.807) is 0 Å². The molecule has 0 heterocycles. The molecule has 4 aromatic rings. The number of ether oxygens (including phenoxy) is 2. The van der Waals surface area contributed by atoms with Crippen LogP contribution in [0.15, 0.2) is 109 Å². The molecule has 1 aliphatic carbocycles. The zero-order chi connectivity index (χ0) is 22.7. The van der Waals surface area contributed by atoms with Crippen LogP contribution in [-0.2, 0) is 13.2 Å². The lowest BCUT2D eigenvalue weighted by Gasteiger charge is -2.08. The first kappa shape index (κ1) is 21.9. The zero-order valence-electron chi connectivity index (χ0n) is 18.0. The van der Waals surface area contributed by atoms with Gasteiger partial charge in [-0.05, 0) is 46.5 Å². The summed E-state index contributed by atoms with van der Waals surface area (Å²) in [5, 5.41) is 0. The minimum Gasteiger partial charge on any atom is -0.489 e. The SMILES string of the molecule is ClC1(Cl)[C@@H](c2ccc(OCc3ccccc3)cc2)[C@@H]1c1ccc(OCc2ccccc2)cc1. The molecule has 2 nitrogen and oxygen atoms in total. The second-order valence-corrected chi connectivity index (χ2v) is 9.76. The Labute approximate surface area is 204 Å². The third-order valence-corrected chi connectivity index (χ3v) is 6.97. The normalized spacial score (nSPS) is 18.5. The van der Waals surface area contributed by atoms with Crippen LogP contribution in [0.5, 0.6) is 11.5 Å². The monoisotopic (exact) mass is 474 g/mol. The van der Waals surface area contributed by atoms with Crippen molar-refractivity contribution in [1.29, 1.82) is 0 Å². The van der Waals surface area contributed by atoms with Crippen LogP contribution >= 0.6 is 23.2 Å². The van der Waals surface area contributed by atoms with Crippen LogP contribution in [0.4, 0.5) is 0 Å². The van der Waals surface area contributed by atoms with Gasteiger partial charge in [0.1, 0.15) is 29.0 Å². The molecule has 0 bridgehead atoms. The number of halogens is 2. The molecule has 1 fully saturated rings. The topological polar surface area (TPSA) is 18.5 Å². The molecule has 1 saturated carbocycles. The van der Waals surface area contributed by atoms with Crippen molar-refractivity contribution in [1.82, 2.24) is 0 Å². The standard InChI is InChI=1S/C29H24Cl2O2/c30-29(31)27(23-11-15-25(16-12-23)32-19-21-7-3-1-4-8-21)28(29)24-13-17-26(18-14-24)33-20-22-9-5-2-6-10-22/h1-18,27-28H,19-20H2/t27-,28-/m0/s1. The van der Waals surface area contributed by atoms with Gasteiger partial charge in [-0.15, -0.1) is 23.2 Å². The number of hydrogen-bond acceptors (Lipinski definition) is 2. The van der Waals surface area contributed by atoms with Crippen molar-refractivity contribution >= 4 is 23.2 Å². The van der Waals surface area contributed by atoms with Crippen LogP contribution in [0.2, 0.25) is 0 Å². The molecule has 2 atom stereocenters. The maximum Gasteiger partial charge on any atom is 0.133 e.